The number of benzene rings is 1. The Morgan fingerprint density at radius 2 is 1.90 bits per heavy atom. The fraction of sp³-hybridized carbons (Fsp3) is 0.476. The number of rotatable bonds is 5. The quantitative estimate of drug-likeness (QED) is 0.750. The van der Waals surface area contributed by atoms with Crippen LogP contribution in [0.2, 0.25) is 0 Å². The molecule has 0 spiro atoms. The molecule has 1 atom stereocenters. The molecule has 1 saturated heterocycles. The molecule has 1 fully saturated rings. The Hall–Kier alpha value is -2.32. The van der Waals surface area contributed by atoms with Gasteiger partial charge in [0.15, 0.2) is 0 Å². The molecule has 3 heterocycles. The Balaban J connectivity index is 1.66. The van der Waals surface area contributed by atoms with Crippen LogP contribution in [0.4, 0.5) is 5.82 Å². The van der Waals surface area contributed by atoms with Gasteiger partial charge in [-0.3, -0.25) is 9.69 Å². The number of nitrogens with zero attached hydrogens (tertiary/aromatic N) is 4. The van der Waals surface area contributed by atoms with Gasteiger partial charge in [-0.2, -0.15) is 0 Å². The van der Waals surface area contributed by atoms with Gasteiger partial charge in [-0.25, -0.2) is 22.7 Å². The fourth-order valence-corrected chi connectivity index (χ4v) is 5.24. The lowest BCUT2D eigenvalue weighted by molar-refractivity contribution is -0.119. The predicted molar refractivity (Wildman–Crippen MR) is 111 cm³/mol. The highest BCUT2D eigenvalue weighted by molar-refractivity contribution is 7.89. The van der Waals surface area contributed by atoms with E-state index in [9.17, 15) is 13.2 Å². The number of carbonyl (C=O) groups excluding carboxylic acids is 1. The minimum absolute atomic E-state index is 0.0454. The SMILES string of the molecule is CCS(=O)(=O)N1CC[C@@H](c2nc(C)c3c(n2)N(Cc2ccccc2)C(=O)CC3)C1. The van der Waals surface area contributed by atoms with E-state index in [1.165, 1.54) is 4.31 Å². The molecule has 7 nitrogen and oxygen atoms in total. The van der Waals surface area contributed by atoms with Crippen LogP contribution in [-0.2, 0) is 27.8 Å². The summed E-state index contributed by atoms with van der Waals surface area (Å²) in [4.78, 5) is 24.0. The molecule has 0 bridgehead atoms. The molecule has 1 amide bonds. The smallest absolute Gasteiger partial charge is 0.228 e. The molecule has 154 valence electrons. The minimum Gasteiger partial charge on any atom is -0.292 e. The Morgan fingerprint density at radius 3 is 2.62 bits per heavy atom. The van der Waals surface area contributed by atoms with Crippen LogP contribution >= 0.6 is 0 Å². The number of anilines is 1. The standard InChI is InChI=1S/C21H26N4O3S/c1-3-29(27,28)24-12-11-17(14-24)20-22-15(2)18-9-10-19(26)25(21(18)23-20)13-16-7-5-4-6-8-16/h4-8,17H,3,9-14H2,1-2H3/t17-/m1/s1. The number of fused-ring (bicyclic) bond motifs is 1. The van der Waals surface area contributed by atoms with Gasteiger partial charge in [0.25, 0.3) is 0 Å². The van der Waals surface area contributed by atoms with Gasteiger partial charge in [0.2, 0.25) is 15.9 Å². The van der Waals surface area contributed by atoms with Crippen molar-refractivity contribution >= 4 is 21.7 Å². The number of aryl methyl sites for hydroxylation is 1. The van der Waals surface area contributed by atoms with Gasteiger partial charge in [-0.05, 0) is 32.3 Å². The average Bonchev–Trinajstić information content (AvgIpc) is 3.22. The highest BCUT2D eigenvalue weighted by Gasteiger charge is 2.35. The number of hydrogen-bond acceptors (Lipinski definition) is 5. The molecule has 0 aliphatic carbocycles. The highest BCUT2D eigenvalue weighted by atomic mass is 32.2. The lowest BCUT2D eigenvalue weighted by atomic mass is 10.0. The van der Waals surface area contributed by atoms with E-state index in [2.05, 4.69) is 0 Å². The van der Waals surface area contributed by atoms with Crippen LogP contribution in [0.3, 0.4) is 0 Å². The molecule has 0 radical (unpaired) electrons. The van der Waals surface area contributed by atoms with Crippen molar-refractivity contribution in [2.75, 3.05) is 23.7 Å². The first-order valence-corrected chi connectivity index (χ1v) is 11.7. The molecule has 8 heteroatoms. The molecular weight excluding hydrogens is 388 g/mol. The predicted octanol–water partition coefficient (Wildman–Crippen LogP) is 2.40. The summed E-state index contributed by atoms with van der Waals surface area (Å²) in [6.07, 6.45) is 1.80. The molecule has 29 heavy (non-hydrogen) atoms. The van der Waals surface area contributed by atoms with Crippen LogP contribution in [0.25, 0.3) is 0 Å². The highest BCUT2D eigenvalue weighted by Crippen LogP contribution is 2.33. The molecule has 1 aromatic heterocycles. The van der Waals surface area contributed by atoms with Gasteiger partial charge in [0, 0.05) is 36.7 Å². The van der Waals surface area contributed by atoms with Gasteiger partial charge in [-0.1, -0.05) is 30.3 Å². The topological polar surface area (TPSA) is 83.5 Å². The number of sulfonamides is 1. The van der Waals surface area contributed by atoms with Gasteiger partial charge < -0.3 is 0 Å². The van der Waals surface area contributed by atoms with E-state index >= 15 is 0 Å². The number of amides is 1. The summed E-state index contributed by atoms with van der Waals surface area (Å²) in [6, 6.07) is 9.88. The first-order valence-electron chi connectivity index (χ1n) is 10.1. The molecule has 1 aromatic carbocycles. The monoisotopic (exact) mass is 414 g/mol. The second-order valence-electron chi connectivity index (χ2n) is 7.68. The van der Waals surface area contributed by atoms with Gasteiger partial charge in [0.05, 0.1) is 12.3 Å². The number of hydrogen-bond donors (Lipinski definition) is 0. The van der Waals surface area contributed by atoms with Crippen LogP contribution in [-0.4, -0.2) is 47.4 Å². The van der Waals surface area contributed by atoms with Crippen molar-refractivity contribution in [2.45, 2.75) is 45.6 Å². The summed E-state index contributed by atoms with van der Waals surface area (Å²) >= 11 is 0. The normalized spacial score (nSPS) is 20.1. The van der Waals surface area contributed by atoms with E-state index in [1.54, 1.807) is 11.8 Å². The van der Waals surface area contributed by atoms with Gasteiger partial charge in [-0.15, -0.1) is 0 Å². The maximum Gasteiger partial charge on any atom is 0.228 e. The molecular formula is C21H26N4O3S. The lowest BCUT2D eigenvalue weighted by Crippen LogP contribution is -2.36. The van der Waals surface area contributed by atoms with E-state index in [1.807, 2.05) is 37.3 Å². The van der Waals surface area contributed by atoms with Crippen LogP contribution in [0, 0.1) is 6.92 Å². The first kappa shape index (κ1) is 20.0. The van der Waals surface area contributed by atoms with E-state index in [-0.39, 0.29) is 17.6 Å². The molecule has 2 aliphatic heterocycles. The zero-order chi connectivity index (χ0) is 20.6. The maximum absolute atomic E-state index is 12.7. The number of aromatic nitrogens is 2. The van der Waals surface area contributed by atoms with Gasteiger partial charge in [0.1, 0.15) is 11.6 Å². The third kappa shape index (κ3) is 3.91. The Labute approximate surface area is 171 Å². The van der Waals surface area contributed by atoms with E-state index in [0.717, 1.165) is 16.8 Å². The second kappa shape index (κ2) is 7.84. The Kier molecular flexibility index (Phi) is 5.40. The third-order valence-electron chi connectivity index (χ3n) is 5.81. The minimum atomic E-state index is -3.21. The van der Waals surface area contributed by atoms with Crippen molar-refractivity contribution < 1.29 is 13.2 Å². The zero-order valence-corrected chi connectivity index (χ0v) is 17.7. The second-order valence-corrected chi connectivity index (χ2v) is 9.94. The summed E-state index contributed by atoms with van der Waals surface area (Å²) in [7, 11) is -3.21. The van der Waals surface area contributed by atoms with Crippen molar-refractivity contribution in [3.05, 3.63) is 53.0 Å². The van der Waals surface area contributed by atoms with E-state index < -0.39 is 10.0 Å². The molecule has 2 aromatic rings. The summed E-state index contributed by atoms with van der Waals surface area (Å²) < 4.78 is 25.9. The number of carbonyl (C=O) groups is 1. The molecule has 2 aliphatic rings. The van der Waals surface area contributed by atoms with Crippen LogP contribution < -0.4 is 4.90 Å². The summed E-state index contributed by atoms with van der Waals surface area (Å²) in [5.74, 6) is 1.44. The zero-order valence-electron chi connectivity index (χ0n) is 16.8. The fourth-order valence-electron chi connectivity index (χ4n) is 4.09. The maximum atomic E-state index is 12.7. The van der Waals surface area contributed by atoms with Gasteiger partial charge >= 0.3 is 0 Å². The largest absolute Gasteiger partial charge is 0.292 e. The average molecular weight is 415 g/mol. The van der Waals surface area contributed by atoms with Crippen LogP contribution in [0.5, 0.6) is 0 Å². The van der Waals surface area contributed by atoms with E-state index in [4.69, 9.17) is 9.97 Å². The van der Waals surface area contributed by atoms with Crippen molar-refractivity contribution in [3.8, 4) is 0 Å². The molecule has 0 N–H and O–H groups in total. The van der Waals surface area contributed by atoms with Crippen molar-refractivity contribution in [1.29, 1.82) is 0 Å². The molecule has 0 unspecified atom stereocenters. The van der Waals surface area contributed by atoms with Crippen molar-refractivity contribution in [1.82, 2.24) is 14.3 Å². The third-order valence-corrected chi connectivity index (χ3v) is 7.66. The first-order chi connectivity index (χ1) is 13.9. The summed E-state index contributed by atoms with van der Waals surface area (Å²) in [6.45, 7) is 4.99. The Morgan fingerprint density at radius 1 is 1.14 bits per heavy atom. The molecule has 4 rings (SSSR count). The lowest BCUT2D eigenvalue weighted by Gasteiger charge is -2.30. The summed E-state index contributed by atoms with van der Waals surface area (Å²) in [5, 5.41) is 0. The van der Waals surface area contributed by atoms with E-state index in [0.29, 0.717) is 50.5 Å². The van der Waals surface area contributed by atoms with Crippen molar-refractivity contribution in [2.24, 2.45) is 0 Å². The Bertz CT molecular complexity index is 1020. The van der Waals surface area contributed by atoms with Crippen molar-refractivity contribution in [3.63, 3.8) is 0 Å². The van der Waals surface area contributed by atoms with Crippen LogP contribution in [0.1, 0.15) is 48.3 Å². The summed E-state index contributed by atoms with van der Waals surface area (Å²) in [5.41, 5.74) is 2.94. The molecule has 0 saturated carbocycles. The van der Waals surface area contributed by atoms with Crippen LogP contribution in [0.15, 0.2) is 30.3 Å².